The number of hydrogen-bond acceptors (Lipinski definition) is 3. The molecule has 0 saturated carbocycles. The summed E-state index contributed by atoms with van der Waals surface area (Å²) < 4.78 is 13.2. The molecule has 2 atom stereocenters. The number of aromatic nitrogens is 1. The molecule has 0 saturated heterocycles. The third-order valence-corrected chi connectivity index (χ3v) is 4.10. The summed E-state index contributed by atoms with van der Waals surface area (Å²) in [7, 11) is 0. The maximum absolute atomic E-state index is 13.2. The van der Waals surface area contributed by atoms with Crippen molar-refractivity contribution in [3.05, 3.63) is 51.2 Å². The highest BCUT2D eigenvalue weighted by molar-refractivity contribution is 7.11. The summed E-state index contributed by atoms with van der Waals surface area (Å²) in [5, 5.41) is 4.55. The van der Waals surface area contributed by atoms with E-state index in [2.05, 4.69) is 24.1 Å². The second kappa shape index (κ2) is 5.80. The molecule has 0 spiro atoms. The fraction of sp³-hybridized carbons (Fsp3) is 0.400. The van der Waals surface area contributed by atoms with Gasteiger partial charge in [-0.15, -0.1) is 11.3 Å². The highest BCUT2D eigenvalue weighted by Crippen LogP contribution is 2.25. The molecule has 0 aliphatic carbocycles. The van der Waals surface area contributed by atoms with Crippen molar-refractivity contribution in [3.63, 3.8) is 0 Å². The molecule has 2 aromatic rings. The van der Waals surface area contributed by atoms with Gasteiger partial charge in [-0.3, -0.25) is 0 Å². The number of hydrogen-bond donors (Lipinski definition) is 1. The molecule has 1 N–H and O–H groups in total. The molecule has 19 heavy (non-hydrogen) atoms. The summed E-state index contributed by atoms with van der Waals surface area (Å²) in [5.74, 6) is -0.195. The Labute approximate surface area is 117 Å². The third-order valence-electron chi connectivity index (χ3n) is 3.20. The minimum absolute atomic E-state index is 0.0899. The van der Waals surface area contributed by atoms with Gasteiger partial charge in [-0.05, 0) is 45.4 Å². The normalized spacial score (nSPS) is 14.4. The zero-order valence-electron chi connectivity index (χ0n) is 11.7. The smallest absolute Gasteiger partial charge is 0.123 e. The van der Waals surface area contributed by atoms with Crippen LogP contribution in [0.2, 0.25) is 0 Å². The van der Waals surface area contributed by atoms with Crippen LogP contribution in [0.1, 0.15) is 47.1 Å². The lowest BCUT2D eigenvalue weighted by Crippen LogP contribution is -2.23. The molecule has 1 aromatic carbocycles. The van der Waals surface area contributed by atoms with E-state index in [9.17, 15) is 4.39 Å². The second-order valence-corrected chi connectivity index (χ2v) is 6.25. The van der Waals surface area contributed by atoms with E-state index >= 15 is 0 Å². The number of benzene rings is 1. The van der Waals surface area contributed by atoms with Crippen LogP contribution in [0.15, 0.2) is 24.3 Å². The average Bonchev–Trinajstić information content (AvgIpc) is 2.68. The van der Waals surface area contributed by atoms with Crippen molar-refractivity contribution in [1.29, 1.82) is 0 Å². The molecule has 2 rings (SSSR count). The van der Waals surface area contributed by atoms with Gasteiger partial charge in [0.2, 0.25) is 0 Å². The van der Waals surface area contributed by atoms with Gasteiger partial charge < -0.3 is 5.32 Å². The monoisotopic (exact) mass is 278 g/mol. The maximum atomic E-state index is 13.2. The number of halogens is 1. The first-order chi connectivity index (χ1) is 8.97. The third kappa shape index (κ3) is 3.39. The summed E-state index contributed by atoms with van der Waals surface area (Å²) in [6.45, 7) is 8.24. The number of thiazole rings is 1. The fourth-order valence-corrected chi connectivity index (χ4v) is 3.19. The van der Waals surface area contributed by atoms with E-state index in [1.165, 1.54) is 10.9 Å². The van der Waals surface area contributed by atoms with Gasteiger partial charge in [-0.2, -0.15) is 0 Å². The zero-order chi connectivity index (χ0) is 14.0. The van der Waals surface area contributed by atoms with Gasteiger partial charge in [0.25, 0.3) is 0 Å². The molecule has 0 aliphatic rings. The summed E-state index contributed by atoms with van der Waals surface area (Å²) in [5.41, 5.74) is 2.04. The van der Waals surface area contributed by atoms with E-state index in [-0.39, 0.29) is 17.9 Å². The molecule has 1 aromatic heterocycles. The second-order valence-electron chi connectivity index (χ2n) is 4.84. The Morgan fingerprint density at radius 1 is 1.21 bits per heavy atom. The fourth-order valence-electron chi connectivity index (χ4n) is 2.27. The van der Waals surface area contributed by atoms with Crippen LogP contribution < -0.4 is 5.32 Å². The van der Waals surface area contributed by atoms with E-state index in [0.29, 0.717) is 0 Å². The summed E-state index contributed by atoms with van der Waals surface area (Å²) in [6, 6.07) is 6.96. The van der Waals surface area contributed by atoms with Crippen molar-refractivity contribution >= 4 is 11.3 Å². The highest BCUT2D eigenvalue weighted by atomic mass is 32.1. The quantitative estimate of drug-likeness (QED) is 0.901. The lowest BCUT2D eigenvalue weighted by Gasteiger charge is -2.19. The van der Waals surface area contributed by atoms with Crippen molar-refractivity contribution < 1.29 is 4.39 Å². The lowest BCUT2D eigenvalue weighted by atomic mass is 10.1. The van der Waals surface area contributed by atoms with Gasteiger partial charge in [0.1, 0.15) is 5.82 Å². The van der Waals surface area contributed by atoms with E-state index in [1.807, 2.05) is 19.9 Å². The predicted molar refractivity (Wildman–Crippen MR) is 78.0 cm³/mol. The van der Waals surface area contributed by atoms with Crippen molar-refractivity contribution in [2.24, 2.45) is 0 Å². The molecule has 0 radical (unpaired) electrons. The molecule has 2 unspecified atom stereocenters. The molecule has 0 amide bonds. The predicted octanol–water partition coefficient (Wildman–Crippen LogP) is 4.31. The van der Waals surface area contributed by atoms with Gasteiger partial charge >= 0.3 is 0 Å². The summed E-state index contributed by atoms with van der Waals surface area (Å²) in [4.78, 5) is 5.80. The Morgan fingerprint density at radius 2 is 1.95 bits per heavy atom. The number of nitrogens with zero attached hydrogens (tertiary/aromatic N) is 1. The number of aryl methyl sites for hydroxylation is 2. The van der Waals surface area contributed by atoms with Crippen LogP contribution in [0.25, 0.3) is 0 Å². The summed E-state index contributed by atoms with van der Waals surface area (Å²) in [6.07, 6.45) is 0. The molecule has 0 bridgehead atoms. The Bertz CT molecular complexity index is 565. The van der Waals surface area contributed by atoms with Gasteiger partial charge in [0, 0.05) is 17.0 Å². The van der Waals surface area contributed by atoms with Crippen LogP contribution in [0, 0.1) is 19.7 Å². The molecular formula is C15H19FN2S. The average molecular weight is 278 g/mol. The van der Waals surface area contributed by atoms with Crippen molar-refractivity contribution in [2.75, 3.05) is 0 Å². The van der Waals surface area contributed by atoms with E-state index in [0.717, 1.165) is 16.3 Å². The van der Waals surface area contributed by atoms with Crippen molar-refractivity contribution in [2.45, 2.75) is 39.8 Å². The van der Waals surface area contributed by atoms with E-state index in [1.54, 1.807) is 23.5 Å². The lowest BCUT2D eigenvalue weighted by molar-refractivity contribution is 0.483. The summed E-state index contributed by atoms with van der Waals surface area (Å²) >= 11 is 1.71. The highest BCUT2D eigenvalue weighted by Gasteiger charge is 2.16. The maximum Gasteiger partial charge on any atom is 0.123 e. The topological polar surface area (TPSA) is 24.9 Å². The minimum Gasteiger partial charge on any atom is -0.302 e. The van der Waals surface area contributed by atoms with Crippen molar-refractivity contribution in [1.82, 2.24) is 10.3 Å². The van der Waals surface area contributed by atoms with Gasteiger partial charge in [-0.25, -0.2) is 9.37 Å². The zero-order valence-corrected chi connectivity index (χ0v) is 12.5. The van der Waals surface area contributed by atoms with Crippen molar-refractivity contribution in [3.8, 4) is 0 Å². The standard InChI is InChI=1S/C15H19FN2S/c1-9(13-6-5-7-14(16)8-13)17-10(2)15-11(3)19-12(4)18-15/h5-10,17H,1-4H3. The Kier molecular flexibility index (Phi) is 4.32. The van der Waals surface area contributed by atoms with Gasteiger partial charge in [-0.1, -0.05) is 12.1 Å². The Morgan fingerprint density at radius 3 is 2.53 bits per heavy atom. The Hall–Kier alpha value is -1.26. The molecule has 2 nitrogen and oxygen atoms in total. The largest absolute Gasteiger partial charge is 0.302 e. The SMILES string of the molecule is Cc1nc(C(C)NC(C)c2cccc(F)c2)c(C)s1. The molecule has 0 aliphatic heterocycles. The van der Waals surface area contributed by atoms with Crippen LogP contribution in [0.3, 0.4) is 0 Å². The van der Waals surface area contributed by atoms with E-state index < -0.39 is 0 Å². The van der Waals surface area contributed by atoms with Crippen LogP contribution >= 0.6 is 11.3 Å². The van der Waals surface area contributed by atoms with Crippen LogP contribution in [-0.4, -0.2) is 4.98 Å². The molecule has 1 heterocycles. The molecule has 0 fully saturated rings. The van der Waals surface area contributed by atoms with Crippen LogP contribution in [0.5, 0.6) is 0 Å². The molecule has 102 valence electrons. The van der Waals surface area contributed by atoms with Gasteiger partial charge in [0.05, 0.1) is 10.7 Å². The van der Waals surface area contributed by atoms with Gasteiger partial charge in [0.15, 0.2) is 0 Å². The van der Waals surface area contributed by atoms with E-state index in [4.69, 9.17) is 0 Å². The number of nitrogens with one attached hydrogen (secondary N) is 1. The number of rotatable bonds is 4. The first-order valence-electron chi connectivity index (χ1n) is 6.43. The molecule has 4 heteroatoms. The first kappa shape index (κ1) is 14.2. The first-order valence-corrected chi connectivity index (χ1v) is 7.24. The molecular weight excluding hydrogens is 259 g/mol. The Balaban J connectivity index is 2.10. The van der Waals surface area contributed by atoms with Crippen LogP contribution in [-0.2, 0) is 0 Å². The van der Waals surface area contributed by atoms with Crippen LogP contribution in [0.4, 0.5) is 4.39 Å². The minimum atomic E-state index is -0.195.